The maximum absolute atomic E-state index is 3.81. The molecule has 0 bridgehead atoms. The summed E-state index contributed by atoms with van der Waals surface area (Å²) < 4.78 is 9.37. The molecule has 0 atom stereocenters. The Bertz CT molecular complexity index is 2200. The van der Waals surface area contributed by atoms with Crippen molar-refractivity contribution >= 4 is 55.2 Å². The van der Waals surface area contributed by atoms with E-state index in [1.54, 1.807) is 0 Å². The van der Waals surface area contributed by atoms with Crippen LogP contribution in [0.3, 0.4) is 0 Å². The van der Waals surface area contributed by atoms with Crippen LogP contribution in [0, 0.1) is 6.07 Å². The molecule has 5 aromatic carbocycles. The van der Waals surface area contributed by atoms with Gasteiger partial charge in [-0.05, 0) is 48.5 Å². The molecule has 0 fully saturated rings. The predicted molar refractivity (Wildman–Crippen MR) is 156 cm³/mol. The minimum Gasteiger partial charge on any atom is -0.318 e. The van der Waals surface area contributed by atoms with Crippen molar-refractivity contribution in [1.29, 1.82) is 0 Å². The first kappa shape index (κ1) is 22.4. The Morgan fingerprint density at radius 3 is 1.23 bits per heavy atom. The molecule has 0 amide bonds. The molecule has 0 radical (unpaired) electrons. The summed E-state index contributed by atoms with van der Waals surface area (Å²) in [5, 5.41) is 2.47. The quantitative estimate of drug-likeness (QED) is 0.234. The Labute approximate surface area is 236 Å². The van der Waals surface area contributed by atoms with E-state index >= 15 is 0 Å². The molecule has 0 aliphatic carbocycles. The largest absolute Gasteiger partial charge is 1.00 e. The second kappa shape index (κ2) is 8.19. The fourth-order valence-electron chi connectivity index (χ4n) is 6.26. The fourth-order valence-corrected chi connectivity index (χ4v) is 6.26. The number of aromatic nitrogens is 4. The zero-order valence-corrected chi connectivity index (χ0v) is 21.4. The number of fused-ring (bicyclic) bond motifs is 10. The predicted octanol–water partition coefficient (Wildman–Crippen LogP) is 5.19. The summed E-state index contributed by atoms with van der Waals surface area (Å²) in [6, 6.07) is 49.2. The molecule has 9 aromatic rings. The van der Waals surface area contributed by atoms with Crippen LogP contribution in [0.2, 0.25) is 0 Å². The minimum atomic E-state index is 0. The maximum Gasteiger partial charge on any atom is 1.00 e. The molecule has 4 nitrogen and oxygen atoms in total. The number of rotatable bonds is 2. The van der Waals surface area contributed by atoms with E-state index in [2.05, 4.69) is 151 Å². The van der Waals surface area contributed by atoms with E-state index < -0.39 is 0 Å². The summed E-state index contributed by atoms with van der Waals surface area (Å²) in [5.74, 6) is 0. The van der Waals surface area contributed by atoms with E-state index in [0.29, 0.717) is 0 Å². The van der Waals surface area contributed by atoms with Gasteiger partial charge in [-0.2, -0.15) is 6.07 Å². The Balaban J connectivity index is 0.00000235. The molecule has 178 valence electrons. The van der Waals surface area contributed by atoms with Crippen molar-refractivity contribution in [3.63, 3.8) is 0 Å². The first-order valence-corrected chi connectivity index (χ1v) is 12.9. The normalized spacial score (nSPS) is 11.9. The number of para-hydroxylation sites is 6. The molecule has 0 spiro atoms. The van der Waals surface area contributed by atoms with Gasteiger partial charge in [-0.3, -0.25) is 8.80 Å². The SMILES string of the molecule is [Li+].[c-]1c(-n2c3ccccc3n3c4ccccc4cc23)cccc1-n1c2ccccc2n2c3ccccc3cc12. The van der Waals surface area contributed by atoms with Gasteiger partial charge in [-0.1, -0.05) is 72.0 Å². The van der Waals surface area contributed by atoms with E-state index in [-0.39, 0.29) is 18.9 Å². The van der Waals surface area contributed by atoms with Gasteiger partial charge in [0.15, 0.2) is 0 Å². The molecular formula is C34H21LiN4. The molecule has 4 aromatic heterocycles. The van der Waals surface area contributed by atoms with Crippen LogP contribution < -0.4 is 18.9 Å². The zero-order chi connectivity index (χ0) is 24.8. The number of imidazole rings is 2. The Hall–Kier alpha value is -4.62. The van der Waals surface area contributed by atoms with E-state index in [4.69, 9.17) is 0 Å². The van der Waals surface area contributed by atoms with Crippen LogP contribution in [0.4, 0.5) is 0 Å². The van der Waals surface area contributed by atoms with Gasteiger partial charge < -0.3 is 9.13 Å². The fraction of sp³-hybridized carbons (Fsp3) is 0. The van der Waals surface area contributed by atoms with Crippen LogP contribution in [0.25, 0.3) is 66.5 Å². The molecule has 0 aliphatic rings. The van der Waals surface area contributed by atoms with Crippen molar-refractivity contribution in [2.24, 2.45) is 0 Å². The molecule has 0 saturated carbocycles. The van der Waals surface area contributed by atoms with Crippen molar-refractivity contribution in [3.05, 3.63) is 133 Å². The second-order valence-corrected chi connectivity index (χ2v) is 9.86. The molecule has 4 heterocycles. The summed E-state index contributed by atoms with van der Waals surface area (Å²) in [6.07, 6.45) is 0. The molecule has 0 N–H and O–H groups in total. The molecule has 0 unspecified atom stereocenters. The van der Waals surface area contributed by atoms with Crippen molar-refractivity contribution in [2.75, 3.05) is 0 Å². The number of hydrogen-bond acceptors (Lipinski definition) is 0. The smallest absolute Gasteiger partial charge is 0.318 e. The number of hydrogen-bond donors (Lipinski definition) is 0. The van der Waals surface area contributed by atoms with Crippen LogP contribution in [0.5, 0.6) is 0 Å². The Morgan fingerprint density at radius 1 is 0.385 bits per heavy atom. The molecule has 39 heavy (non-hydrogen) atoms. The number of nitrogens with zero attached hydrogens (tertiary/aromatic N) is 4. The Morgan fingerprint density at radius 2 is 0.769 bits per heavy atom. The zero-order valence-electron chi connectivity index (χ0n) is 21.4. The summed E-state index contributed by atoms with van der Waals surface area (Å²) >= 11 is 0. The molecule has 5 heteroatoms. The maximum atomic E-state index is 3.81. The topological polar surface area (TPSA) is 18.7 Å². The first-order chi connectivity index (χ1) is 18.9. The standard InChI is InChI=1S/C34H21N4.Li/c1-3-14-27-23(10-1)20-33-35(29-16-5-7-18-31(29)37(27)33)25-12-9-13-26(22-25)36-30-17-6-8-19-32(30)38-28-15-4-2-11-24(28)21-34(36)38;/h1-21H;/q-1;+1. The van der Waals surface area contributed by atoms with Gasteiger partial charge in [-0.25, -0.2) is 0 Å². The third kappa shape index (κ3) is 2.96. The van der Waals surface area contributed by atoms with Gasteiger partial charge in [0.1, 0.15) is 11.3 Å². The van der Waals surface area contributed by atoms with E-state index in [9.17, 15) is 0 Å². The molecule has 0 saturated heterocycles. The van der Waals surface area contributed by atoms with E-state index in [1.165, 1.54) is 32.8 Å². The average molecular weight is 493 g/mol. The van der Waals surface area contributed by atoms with Gasteiger partial charge in [0.25, 0.3) is 0 Å². The number of benzene rings is 5. The summed E-state index contributed by atoms with van der Waals surface area (Å²) in [5.41, 5.74) is 11.4. The Kier molecular flexibility index (Phi) is 4.70. The van der Waals surface area contributed by atoms with Crippen LogP contribution in [-0.4, -0.2) is 17.9 Å². The van der Waals surface area contributed by atoms with Crippen LogP contribution >= 0.6 is 0 Å². The third-order valence-electron chi connectivity index (χ3n) is 7.81. The van der Waals surface area contributed by atoms with Crippen LogP contribution in [-0.2, 0) is 0 Å². The van der Waals surface area contributed by atoms with E-state index in [0.717, 1.165) is 33.7 Å². The van der Waals surface area contributed by atoms with Gasteiger partial charge in [0, 0.05) is 10.8 Å². The van der Waals surface area contributed by atoms with Gasteiger partial charge in [-0.15, -0.1) is 18.2 Å². The van der Waals surface area contributed by atoms with Gasteiger partial charge in [0.2, 0.25) is 0 Å². The molecular weight excluding hydrogens is 471 g/mol. The summed E-state index contributed by atoms with van der Waals surface area (Å²) in [6.45, 7) is 0. The minimum absolute atomic E-state index is 0. The van der Waals surface area contributed by atoms with Crippen LogP contribution in [0.1, 0.15) is 0 Å². The summed E-state index contributed by atoms with van der Waals surface area (Å²) in [4.78, 5) is 0. The van der Waals surface area contributed by atoms with Crippen molar-refractivity contribution in [2.45, 2.75) is 0 Å². The summed E-state index contributed by atoms with van der Waals surface area (Å²) in [7, 11) is 0. The van der Waals surface area contributed by atoms with Crippen LogP contribution in [0.15, 0.2) is 127 Å². The van der Waals surface area contributed by atoms with Gasteiger partial charge >= 0.3 is 18.9 Å². The van der Waals surface area contributed by atoms with E-state index in [1.807, 2.05) is 0 Å². The third-order valence-corrected chi connectivity index (χ3v) is 7.81. The van der Waals surface area contributed by atoms with Gasteiger partial charge in [0.05, 0.1) is 33.1 Å². The van der Waals surface area contributed by atoms with Crippen molar-refractivity contribution in [1.82, 2.24) is 17.9 Å². The monoisotopic (exact) mass is 492 g/mol. The second-order valence-electron chi connectivity index (χ2n) is 9.86. The molecule has 9 rings (SSSR count). The first-order valence-electron chi connectivity index (χ1n) is 12.9. The average Bonchev–Trinajstić information content (AvgIpc) is 3.69. The molecule has 0 aliphatic heterocycles. The van der Waals surface area contributed by atoms with Crippen molar-refractivity contribution in [3.8, 4) is 11.4 Å². The van der Waals surface area contributed by atoms with Crippen molar-refractivity contribution < 1.29 is 18.9 Å².